The largest absolute Gasteiger partial charge is 0.465 e. The van der Waals surface area contributed by atoms with Crippen molar-refractivity contribution >= 4 is 23.3 Å². The van der Waals surface area contributed by atoms with E-state index in [1.165, 1.54) is 6.07 Å². The van der Waals surface area contributed by atoms with Crippen LogP contribution in [-0.4, -0.2) is 18.0 Å². The summed E-state index contributed by atoms with van der Waals surface area (Å²) in [5.74, 6) is -0.953. The number of carbonyl (C=O) groups is 1. The zero-order valence-electron chi connectivity index (χ0n) is 8.77. The van der Waals surface area contributed by atoms with Gasteiger partial charge in [0.25, 0.3) is 5.69 Å². The van der Waals surface area contributed by atoms with Gasteiger partial charge < -0.3 is 4.74 Å². The maximum Gasteiger partial charge on any atom is 0.346 e. The molecule has 0 radical (unpaired) electrons. The van der Waals surface area contributed by atoms with Crippen molar-refractivity contribution in [1.82, 2.24) is 0 Å². The van der Waals surface area contributed by atoms with E-state index in [9.17, 15) is 14.9 Å². The van der Waals surface area contributed by atoms with Crippen LogP contribution in [0.15, 0.2) is 12.1 Å². The minimum Gasteiger partial charge on any atom is -0.465 e. The van der Waals surface area contributed by atoms with Crippen LogP contribution in [0.2, 0.25) is 0 Å². The van der Waals surface area contributed by atoms with E-state index in [2.05, 4.69) is 4.74 Å². The number of alkyl halides is 1. The SMILES string of the molecule is COC(=O)c1c([N+](=O)[O-])ccc(CCl)c1C#N. The maximum absolute atomic E-state index is 11.5. The molecule has 1 rings (SSSR count). The molecule has 0 amide bonds. The molecule has 17 heavy (non-hydrogen) atoms. The monoisotopic (exact) mass is 254 g/mol. The van der Waals surface area contributed by atoms with Gasteiger partial charge in [0.15, 0.2) is 5.56 Å². The first-order valence-corrected chi connectivity index (χ1v) is 4.94. The molecule has 0 heterocycles. The summed E-state index contributed by atoms with van der Waals surface area (Å²) in [5, 5.41) is 19.7. The van der Waals surface area contributed by atoms with Crippen molar-refractivity contribution in [2.24, 2.45) is 0 Å². The van der Waals surface area contributed by atoms with Gasteiger partial charge in [-0.3, -0.25) is 10.1 Å². The normalized spacial score (nSPS) is 9.47. The van der Waals surface area contributed by atoms with Crippen molar-refractivity contribution in [3.8, 4) is 6.07 Å². The standard InChI is InChI=1S/C10H7ClN2O4/c1-17-10(14)9-7(5-12)6(4-11)2-3-8(9)13(15)16/h2-3H,4H2,1H3. The number of methoxy groups -OCH3 is 1. The van der Waals surface area contributed by atoms with E-state index in [1.807, 2.05) is 0 Å². The van der Waals surface area contributed by atoms with Crippen molar-refractivity contribution in [3.63, 3.8) is 0 Å². The van der Waals surface area contributed by atoms with E-state index in [0.717, 1.165) is 13.2 Å². The molecule has 0 fully saturated rings. The number of rotatable bonds is 3. The number of ether oxygens (including phenoxy) is 1. The Bertz CT molecular complexity index is 522. The van der Waals surface area contributed by atoms with Crippen molar-refractivity contribution in [3.05, 3.63) is 38.9 Å². The fourth-order valence-electron chi connectivity index (χ4n) is 1.33. The molecule has 88 valence electrons. The molecule has 6 nitrogen and oxygen atoms in total. The molecule has 0 bridgehead atoms. The molecule has 0 aliphatic carbocycles. The fourth-order valence-corrected chi connectivity index (χ4v) is 1.56. The summed E-state index contributed by atoms with van der Waals surface area (Å²) in [5.41, 5.74) is -0.610. The number of esters is 1. The summed E-state index contributed by atoms with van der Waals surface area (Å²) in [6.45, 7) is 0. The molecule has 0 aliphatic heterocycles. The first kappa shape index (κ1) is 12.9. The molecule has 0 spiro atoms. The third-order valence-corrected chi connectivity index (χ3v) is 2.40. The number of hydrogen-bond acceptors (Lipinski definition) is 5. The minimum absolute atomic E-state index is 0.0229. The average Bonchev–Trinajstić information content (AvgIpc) is 2.35. The van der Waals surface area contributed by atoms with Crippen molar-refractivity contribution < 1.29 is 14.5 Å². The first-order chi connectivity index (χ1) is 8.06. The zero-order valence-corrected chi connectivity index (χ0v) is 9.52. The predicted octanol–water partition coefficient (Wildman–Crippen LogP) is 1.99. The molecule has 0 aromatic heterocycles. The van der Waals surface area contributed by atoms with Crippen LogP contribution in [-0.2, 0) is 10.6 Å². The molecule has 0 saturated carbocycles. The Hall–Kier alpha value is -2.13. The second-order valence-corrected chi connectivity index (χ2v) is 3.26. The lowest BCUT2D eigenvalue weighted by atomic mass is 10.0. The Morgan fingerprint density at radius 2 is 2.29 bits per heavy atom. The Labute approximate surface area is 102 Å². The highest BCUT2D eigenvalue weighted by Crippen LogP contribution is 2.26. The second kappa shape index (κ2) is 5.27. The molecule has 0 unspecified atom stereocenters. The second-order valence-electron chi connectivity index (χ2n) is 2.99. The van der Waals surface area contributed by atoms with Gasteiger partial charge in [-0.25, -0.2) is 4.79 Å². The van der Waals surface area contributed by atoms with Crippen LogP contribution >= 0.6 is 11.6 Å². The number of carbonyl (C=O) groups excluding carboxylic acids is 1. The molecule has 0 N–H and O–H groups in total. The lowest BCUT2D eigenvalue weighted by Gasteiger charge is -2.06. The zero-order chi connectivity index (χ0) is 13.0. The molecule has 0 saturated heterocycles. The predicted molar refractivity (Wildman–Crippen MR) is 58.7 cm³/mol. The number of nitro benzene ring substituents is 1. The minimum atomic E-state index is -0.930. The smallest absolute Gasteiger partial charge is 0.346 e. The van der Waals surface area contributed by atoms with Gasteiger partial charge in [-0.1, -0.05) is 0 Å². The fraction of sp³-hybridized carbons (Fsp3) is 0.200. The molecule has 0 atom stereocenters. The number of nitrogens with zero attached hydrogens (tertiary/aromatic N) is 2. The highest BCUT2D eigenvalue weighted by atomic mass is 35.5. The lowest BCUT2D eigenvalue weighted by molar-refractivity contribution is -0.385. The molecular formula is C10H7ClN2O4. The molecule has 7 heteroatoms. The summed E-state index contributed by atoms with van der Waals surface area (Å²) < 4.78 is 4.43. The summed E-state index contributed by atoms with van der Waals surface area (Å²) in [7, 11) is 1.08. The van der Waals surface area contributed by atoms with E-state index in [4.69, 9.17) is 16.9 Å². The number of nitro groups is 1. The van der Waals surface area contributed by atoms with Gasteiger partial charge in [0.2, 0.25) is 0 Å². The van der Waals surface area contributed by atoms with Gasteiger partial charge >= 0.3 is 5.97 Å². The third-order valence-electron chi connectivity index (χ3n) is 2.11. The van der Waals surface area contributed by atoms with Crippen LogP contribution in [0.3, 0.4) is 0 Å². The van der Waals surface area contributed by atoms with Crippen LogP contribution in [0.25, 0.3) is 0 Å². The van der Waals surface area contributed by atoms with E-state index < -0.39 is 16.6 Å². The topological polar surface area (TPSA) is 93.2 Å². The van der Waals surface area contributed by atoms with E-state index in [0.29, 0.717) is 5.56 Å². The van der Waals surface area contributed by atoms with Crippen LogP contribution in [0.5, 0.6) is 0 Å². The molecule has 1 aromatic carbocycles. The highest BCUT2D eigenvalue weighted by Gasteiger charge is 2.27. The van der Waals surface area contributed by atoms with E-state index in [-0.39, 0.29) is 17.0 Å². The third kappa shape index (κ3) is 2.34. The average molecular weight is 255 g/mol. The Balaban J connectivity index is 3.63. The van der Waals surface area contributed by atoms with Crippen LogP contribution in [0.1, 0.15) is 21.5 Å². The van der Waals surface area contributed by atoms with Gasteiger partial charge in [-0.2, -0.15) is 5.26 Å². The Kier molecular flexibility index (Phi) is 4.01. The van der Waals surface area contributed by atoms with Crippen LogP contribution < -0.4 is 0 Å². The maximum atomic E-state index is 11.5. The van der Waals surface area contributed by atoms with Crippen molar-refractivity contribution in [2.75, 3.05) is 7.11 Å². The summed E-state index contributed by atoms with van der Waals surface area (Å²) in [6, 6.07) is 4.21. The number of nitriles is 1. The van der Waals surface area contributed by atoms with Gasteiger partial charge in [-0.05, 0) is 11.6 Å². The van der Waals surface area contributed by atoms with Gasteiger partial charge in [0, 0.05) is 11.9 Å². The summed E-state index contributed by atoms with van der Waals surface area (Å²) in [6.07, 6.45) is 0. The summed E-state index contributed by atoms with van der Waals surface area (Å²) in [4.78, 5) is 21.5. The van der Waals surface area contributed by atoms with Crippen molar-refractivity contribution in [2.45, 2.75) is 5.88 Å². The van der Waals surface area contributed by atoms with Gasteiger partial charge in [0.1, 0.15) is 6.07 Å². The highest BCUT2D eigenvalue weighted by molar-refractivity contribution is 6.17. The van der Waals surface area contributed by atoms with Crippen LogP contribution in [0, 0.1) is 21.4 Å². The van der Waals surface area contributed by atoms with Gasteiger partial charge in [0.05, 0.1) is 17.6 Å². The van der Waals surface area contributed by atoms with E-state index >= 15 is 0 Å². The number of halogens is 1. The molecule has 1 aromatic rings. The molecule has 0 aliphatic rings. The number of hydrogen-bond donors (Lipinski definition) is 0. The first-order valence-electron chi connectivity index (χ1n) is 4.41. The Morgan fingerprint density at radius 1 is 1.65 bits per heavy atom. The molecular weight excluding hydrogens is 248 g/mol. The van der Waals surface area contributed by atoms with E-state index in [1.54, 1.807) is 6.07 Å². The quantitative estimate of drug-likeness (QED) is 0.356. The van der Waals surface area contributed by atoms with Crippen molar-refractivity contribution in [1.29, 1.82) is 5.26 Å². The lowest BCUT2D eigenvalue weighted by Crippen LogP contribution is -2.10. The summed E-state index contributed by atoms with van der Waals surface area (Å²) >= 11 is 5.59. The number of benzene rings is 1. The van der Waals surface area contributed by atoms with Crippen LogP contribution in [0.4, 0.5) is 5.69 Å². The van der Waals surface area contributed by atoms with Gasteiger partial charge in [-0.15, -0.1) is 11.6 Å². The Morgan fingerprint density at radius 3 is 2.71 bits per heavy atom.